The Kier molecular flexibility index (Phi) is 4.13. The van der Waals surface area contributed by atoms with E-state index in [0.29, 0.717) is 16.8 Å². The Morgan fingerprint density at radius 2 is 1.89 bits per heavy atom. The summed E-state index contributed by atoms with van der Waals surface area (Å²) in [7, 11) is 0. The zero-order valence-corrected chi connectivity index (χ0v) is 11.5. The summed E-state index contributed by atoms with van der Waals surface area (Å²) >= 11 is 3.26. The molecule has 0 aliphatic carbocycles. The van der Waals surface area contributed by atoms with Gasteiger partial charge < -0.3 is 10.5 Å². The van der Waals surface area contributed by atoms with E-state index < -0.39 is 4.92 Å². The molecule has 0 bridgehead atoms. The second-order valence-corrected chi connectivity index (χ2v) is 4.73. The van der Waals surface area contributed by atoms with E-state index in [2.05, 4.69) is 15.9 Å². The van der Waals surface area contributed by atoms with E-state index in [1.807, 2.05) is 12.1 Å². The van der Waals surface area contributed by atoms with Gasteiger partial charge in [0.05, 0.1) is 4.92 Å². The lowest BCUT2D eigenvalue weighted by atomic mass is 10.2. The van der Waals surface area contributed by atoms with Crippen molar-refractivity contribution in [3.63, 3.8) is 0 Å². The summed E-state index contributed by atoms with van der Waals surface area (Å²) in [6.07, 6.45) is 0. The fourth-order valence-corrected chi connectivity index (χ4v) is 1.88. The molecule has 0 aromatic heterocycles. The van der Waals surface area contributed by atoms with E-state index in [-0.39, 0.29) is 11.4 Å². The predicted octanol–water partition coefficient (Wildman–Crippen LogP) is 3.61. The number of nitrogens with two attached hydrogens (primary N) is 1. The Labute approximate surface area is 118 Å². The second-order valence-electron chi connectivity index (χ2n) is 3.82. The van der Waals surface area contributed by atoms with Crippen molar-refractivity contribution >= 4 is 21.6 Å². The topological polar surface area (TPSA) is 78.4 Å². The first-order valence-electron chi connectivity index (χ1n) is 5.51. The number of nitrogens with zero attached hydrogens (tertiary/aromatic N) is 1. The number of rotatable bonds is 4. The van der Waals surface area contributed by atoms with Gasteiger partial charge in [0.2, 0.25) is 5.75 Å². The Morgan fingerprint density at radius 1 is 1.21 bits per heavy atom. The van der Waals surface area contributed by atoms with Gasteiger partial charge in [-0.3, -0.25) is 10.1 Å². The Balaban J connectivity index is 2.31. The first kappa shape index (κ1) is 13.5. The molecule has 2 aromatic rings. The molecule has 0 aliphatic heterocycles. The summed E-state index contributed by atoms with van der Waals surface area (Å²) in [5.74, 6) is 0.721. The third kappa shape index (κ3) is 3.30. The molecule has 0 radical (unpaired) electrons. The molecule has 0 unspecified atom stereocenters. The number of halogens is 1. The second kappa shape index (κ2) is 5.81. The zero-order valence-electron chi connectivity index (χ0n) is 9.88. The molecular weight excluding hydrogens is 312 g/mol. The molecule has 0 fully saturated rings. The van der Waals surface area contributed by atoms with Crippen LogP contribution in [-0.2, 0) is 6.54 Å². The smallest absolute Gasteiger partial charge is 0.311 e. The Hall–Kier alpha value is -1.92. The van der Waals surface area contributed by atoms with Gasteiger partial charge in [-0.25, -0.2) is 0 Å². The van der Waals surface area contributed by atoms with Crippen LogP contribution in [0.2, 0.25) is 0 Å². The largest absolute Gasteiger partial charge is 0.450 e. The van der Waals surface area contributed by atoms with Gasteiger partial charge in [0.15, 0.2) is 0 Å². The van der Waals surface area contributed by atoms with Crippen LogP contribution in [0.3, 0.4) is 0 Å². The molecule has 0 saturated carbocycles. The van der Waals surface area contributed by atoms with Gasteiger partial charge in [-0.05, 0) is 23.8 Å². The molecule has 0 atom stereocenters. The Bertz CT molecular complexity index is 599. The molecule has 19 heavy (non-hydrogen) atoms. The summed E-state index contributed by atoms with van der Waals surface area (Å²) in [6, 6.07) is 11.7. The zero-order chi connectivity index (χ0) is 13.8. The molecule has 98 valence electrons. The quantitative estimate of drug-likeness (QED) is 0.689. The minimum Gasteiger partial charge on any atom is -0.450 e. The minimum absolute atomic E-state index is 0.0777. The van der Waals surface area contributed by atoms with Crippen LogP contribution in [-0.4, -0.2) is 4.92 Å². The van der Waals surface area contributed by atoms with Crippen LogP contribution in [0.1, 0.15) is 5.56 Å². The average molecular weight is 323 g/mol. The van der Waals surface area contributed by atoms with Gasteiger partial charge >= 0.3 is 5.69 Å². The molecule has 0 heterocycles. The van der Waals surface area contributed by atoms with Crippen molar-refractivity contribution in [3.8, 4) is 11.5 Å². The molecule has 2 rings (SSSR count). The van der Waals surface area contributed by atoms with Crippen LogP contribution < -0.4 is 10.5 Å². The molecule has 0 spiro atoms. The van der Waals surface area contributed by atoms with Gasteiger partial charge in [-0.15, -0.1) is 0 Å². The maximum atomic E-state index is 10.9. The van der Waals surface area contributed by atoms with Crippen molar-refractivity contribution in [2.45, 2.75) is 6.54 Å². The summed E-state index contributed by atoms with van der Waals surface area (Å²) in [6.45, 7) is 0.442. The molecule has 0 aliphatic rings. The van der Waals surface area contributed by atoms with Crippen molar-refractivity contribution in [1.29, 1.82) is 0 Å². The lowest BCUT2D eigenvalue weighted by Gasteiger charge is -2.07. The summed E-state index contributed by atoms with van der Waals surface area (Å²) < 4.78 is 6.25. The summed E-state index contributed by atoms with van der Waals surface area (Å²) in [5, 5.41) is 10.9. The van der Waals surface area contributed by atoms with Crippen LogP contribution in [0.4, 0.5) is 5.69 Å². The first-order chi connectivity index (χ1) is 9.10. The average Bonchev–Trinajstić information content (AvgIpc) is 2.39. The monoisotopic (exact) mass is 322 g/mol. The number of hydrogen-bond acceptors (Lipinski definition) is 4. The maximum Gasteiger partial charge on any atom is 0.311 e. The molecule has 2 aromatic carbocycles. The lowest BCUT2D eigenvalue weighted by Crippen LogP contribution is -1.96. The lowest BCUT2D eigenvalue weighted by molar-refractivity contribution is -0.385. The van der Waals surface area contributed by atoms with Crippen molar-refractivity contribution in [3.05, 3.63) is 62.6 Å². The third-order valence-electron chi connectivity index (χ3n) is 2.51. The van der Waals surface area contributed by atoms with Crippen LogP contribution in [0.5, 0.6) is 11.5 Å². The number of nitro groups is 1. The number of nitro benzene ring substituents is 1. The predicted molar refractivity (Wildman–Crippen MR) is 75.2 cm³/mol. The van der Waals surface area contributed by atoms with Crippen LogP contribution in [0.25, 0.3) is 0 Å². The van der Waals surface area contributed by atoms with Gasteiger partial charge in [0.1, 0.15) is 5.75 Å². The van der Waals surface area contributed by atoms with Crippen molar-refractivity contribution in [1.82, 2.24) is 0 Å². The Morgan fingerprint density at radius 3 is 2.47 bits per heavy atom. The highest BCUT2D eigenvalue weighted by atomic mass is 79.9. The normalized spacial score (nSPS) is 10.2. The van der Waals surface area contributed by atoms with Gasteiger partial charge in [-0.1, -0.05) is 28.1 Å². The van der Waals surface area contributed by atoms with Crippen molar-refractivity contribution in [2.24, 2.45) is 5.73 Å². The van der Waals surface area contributed by atoms with E-state index in [0.717, 1.165) is 5.56 Å². The van der Waals surface area contributed by atoms with E-state index >= 15 is 0 Å². The molecule has 2 N–H and O–H groups in total. The van der Waals surface area contributed by atoms with E-state index in [4.69, 9.17) is 10.5 Å². The minimum atomic E-state index is -0.476. The van der Waals surface area contributed by atoms with Crippen molar-refractivity contribution < 1.29 is 9.66 Å². The summed E-state index contributed by atoms with van der Waals surface area (Å²) in [4.78, 5) is 10.4. The number of benzene rings is 2. The summed E-state index contributed by atoms with van der Waals surface area (Å²) in [5.41, 5.74) is 6.39. The fraction of sp³-hybridized carbons (Fsp3) is 0.0769. The van der Waals surface area contributed by atoms with Gasteiger partial charge in [-0.2, -0.15) is 0 Å². The van der Waals surface area contributed by atoms with Gasteiger partial charge in [0.25, 0.3) is 0 Å². The maximum absolute atomic E-state index is 10.9. The molecule has 0 amide bonds. The highest BCUT2D eigenvalue weighted by Crippen LogP contribution is 2.33. The standard InChI is InChI=1S/C13H11BrN2O3/c14-10-3-6-12(16(17)18)13(7-10)19-11-4-1-9(8-15)2-5-11/h1-7H,8,15H2. The SMILES string of the molecule is NCc1ccc(Oc2cc(Br)ccc2[N+](=O)[O-])cc1. The molecule has 5 nitrogen and oxygen atoms in total. The van der Waals surface area contributed by atoms with E-state index in [1.165, 1.54) is 6.07 Å². The first-order valence-corrected chi connectivity index (χ1v) is 6.30. The molecule has 0 saturated heterocycles. The molecular formula is C13H11BrN2O3. The van der Waals surface area contributed by atoms with Crippen molar-refractivity contribution in [2.75, 3.05) is 0 Å². The van der Waals surface area contributed by atoms with Crippen LogP contribution in [0, 0.1) is 10.1 Å². The molecule has 6 heteroatoms. The van der Waals surface area contributed by atoms with Gasteiger partial charge in [0, 0.05) is 23.2 Å². The highest BCUT2D eigenvalue weighted by molar-refractivity contribution is 9.10. The third-order valence-corrected chi connectivity index (χ3v) is 3.00. The number of hydrogen-bond donors (Lipinski definition) is 1. The highest BCUT2D eigenvalue weighted by Gasteiger charge is 2.15. The fourth-order valence-electron chi connectivity index (χ4n) is 1.54. The van der Waals surface area contributed by atoms with Crippen LogP contribution >= 0.6 is 15.9 Å². The van der Waals surface area contributed by atoms with E-state index in [1.54, 1.807) is 24.3 Å². The van der Waals surface area contributed by atoms with Crippen LogP contribution in [0.15, 0.2) is 46.9 Å². The number of ether oxygens (including phenoxy) is 1. The van der Waals surface area contributed by atoms with E-state index in [9.17, 15) is 10.1 Å².